The molecule has 126 valence electrons. The van der Waals surface area contributed by atoms with Crippen LogP contribution < -0.4 is 4.74 Å². The van der Waals surface area contributed by atoms with Crippen LogP contribution in [0.3, 0.4) is 0 Å². The molecule has 1 aromatic carbocycles. The molecule has 1 amide bonds. The predicted molar refractivity (Wildman–Crippen MR) is 73.8 cm³/mol. The summed E-state index contributed by atoms with van der Waals surface area (Å²) in [4.78, 5) is 24.2. The Morgan fingerprint density at radius 1 is 1.35 bits per heavy atom. The van der Waals surface area contributed by atoms with E-state index in [1.807, 2.05) is 0 Å². The Morgan fingerprint density at radius 2 is 1.96 bits per heavy atom. The first-order chi connectivity index (χ1) is 10.6. The van der Waals surface area contributed by atoms with Crippen LogP contribution in [-0.2, 0) is 9.59 Å². The van der Waals surface area contributed by atoms with Crippen LogP contribution in [0.2, 0.25) is 0 Å². The lowest BCUT2D eigenvalue weighted by Gasteiger charge is -2.21. The standard InChI is InChI=1S/C15H16F3NO4/c1-8(14(21)22)19(2)13(20)11-7-10(11)9-5-3-4-6-12(9)23-15(16,17)18/h3-6,8,10-11H,7H2,1-2H3,(H,21,22). The molecule has 3 atom stereocenters. The second kappa shape index (κ2) is 6.10. The van der Waals surface area contributed by atoms with Crippen molar-refractivity contribution in [3.8, 4) is 5.75 Å². The number of ether oxygens (including phenoxy) is 1. The van der Waals surface area contributed by atoms with Crippen molar-refractivity contribution in [2.45, 2.75) is 31.7 Å². The lowest BCUT2D eigenvalue weighted by atomic mass is 10.1. The van der Waals surface area contributed by atoms with Gasteiger partial charge in [0.05, 0.1) is 0 Å². The minimum atomic E-state index is -4.81. The molecular weight excluding hydrogens is 315 g/mol. The van der Waals surface area contributed by atoms with Gasteiger partial charge in [0, 0.05) is 13.0 Å². The molecule has 0 bridgehead atoms. The number of likely N-dealkylation sites (N-methyl/N-ethyl adjacent to an activating group) is 1. The summed E-state index contributed by atoms with van der Waals surface area (Å²) < 4.78 is 41.3. The summed E-state index contributed by atoms with van der Waals surface area (Å²) in [7, 11) is 1.37. The van der Waals surface area contributed by atoms with Crippen molar-refractivity contribution >= 4 is 11.9 Å². The van der Waals surface area contributed by atoms with Crippen molar-refractivity contribution in [2.24, 2.45) is 5.92 Å². The quantitative estimate of drug-likeness (QED) is 0.901. The van der Waals surface area contributed by atoms with Gasteiger partial charge >= 0.3 is 12.3 Å². The van der Waals surface area contributed by atoms with Gasteiger partial charge in [0.2, 0.25) is 5.91 Å². The van der Waals surface area contributed by atoms with Crippen LogP contribution in [0.4, 0.5) is 13.2 Å². The van der Waals surface area contributed by atoms with Crippen molar-refractivity contribution in [3.05, 3.63) is 29.8 Å². The maximum Gasteiger partial charge on any atom is 0.573 e. The molecule has 8 heteroatoms. The maximum atomic E-state index is 12.4. The molecule has 2 rings (SSSR count). The van der Waals surface area contributed by atoms with Crippen LogP contribution in [-0.4, -0.2) is 41.3 Å². The molecule has 1 aliphatic rings. The average molecular weight is 331 g/mol. The first kappa shape index (κ1) is 17.1. The van der Waals surface area contributed by atoms with Gasteiger partial charge in [0.25, 0.3) is 0 Å². The van der Waals surface area contributed by atoms with Gasteiger partial charge in [-0.05, 0) is 30.9 Å². The van der Waals surface area contributed by atoms with E-state index in [4.69, 9.17) is 5.11 Å². The lowest BCUT2D eigenvalue weighted by Crippen LogP contribution is -2.41. The molecule has 0 spiro atoms. The highest BCUT2D eigenvalue weighted by Crippen LogP contribution is 2.51. The van der Waals surface area contributed by atoms with Crippen molar-refractivity contribution in [2.75, 3.05) is 7.05 Å². The van der Waals surface area contributed by atoms with Gasteiger partial charge in [0.15, 0.2) is 0 Å². The fourth-order valence-electron chi connectivity index (χ4n) is 2.43. The van der Waals surface area contributed by atoms with Gasteiger partial charge in [-0.3, -0.25) is 4.79 Å². The SMILES string of the molecule is CC(C(=O)O)N(C)C(=O)C1CC1c1ccccc1OC(F)(F)F. The molecule has 0 aromatic heterocycles. The zero-order valence-electron chi connectivity index (χ0n) is 12.5. The first-order valence-electron chi connectivity index (χ1n) is 6.96. The van der Waals surface area contributed by atoms with E-state index in [0.29, 0.717) is 12.0 Å². The number of amides is 1. The Hall–Kier alpha value is -2.25. The second-order valence-corrected chi connectivity index (χ2v) is 5.50. The lowest BCUT2D eigenvalue weighted by molar-refractivity contribution is -0.274. The zero-order valence-corrected chi connectivity index (χ0v) is 12.5. The minimum absolute atomic E-state index is 0.305. The highest BCUT2D eigenvalue weighted by Gasteiger charge is 2.48. The number of carbonyl (C=O) groups is 2. The zero-order chi connectivity index (χ0) is 17.4. The van der Waals surface area contributed by atoms with Crippen molar-refractivity contribution in [3.63, 3.8) is 0 Å². The molecule has 0 saturated heterocycles. The molecule has 1 aromatic rings. The van der Waals surface area contributed by atoms with Gasteiger partial charge in [-0.25, -0.2) is 4.79 Å². The smallest absolute Gasteiger partial charge is 0.480 e. The highest BCUT2D eigenvalue weighted by molar-refractivity contribution is 5.87. The summed E-state index contributed by atoms with van der Waals surface area (Å²) in [5.74, 6) is -2.79. The minimum Gasteiger partial charge on any atom is -0.480 e. The van der Waals surface area contributed by atoms with E-state index in [-0.39, 0.29) is 5.75 Å². The van der Waals surface area contributed by atoms with Crippen LogP contribution in [0.15, 0.2) is 24.3 Å². The number of para-hydroxylation sites is 1. The molecule has 0 aliphatic heterocycles. The molecule has 1 fully saturated rings. The van der Waals surface area contributed by atoms with Crippen molar-refractivity contribution in [1.29, 1.82) is 0 Å². The number of hydrogen-bond donors (Lipinski definition) is 1. The predicted octanol–water partition coefficient (Wildman–Crippen LogP) is 2.62. The van der Waals surface area contributed by atoms with Crippen LogP contribution in [0.5, 0.6) is 5.75 Å². The molecule has 1 saturated carbocycles. The summed E-state index contributed by atoms with van der Waals surface area (Å²) in [5, 5.41) is 8.92. The molecular formula is C15H16F3NO4. The maximum absolute atomic E-state index is 12.4. The number of hydrogen-bond acceptors (Lipinski definition) is 3. The van der Waals surface area contributed by atoms with Crippen LogP contribution in [0.1, 0.15) is 24.8 Å². The summed E-state index contributed by atoms with van der Waals surface area (Å²) >= 11 is 0. The van der Waals surface area contributed by atoms with E-state index in [9.17, 15) is 22.8 Å². The third-order valence-corrected chi connectivity index (χ3v) is 3.94. The van der Waals surface area contributed by atoms with Gasteiger partial charge in [-0.15, -0.1) is 13.2 Å². The van der Waals surface area contributed by atoms with Gasteiger partial charge in [-0.1, -0.05) is 18.2 Å². The van der Waals surface area contributed by atoms with Crippen molar-refractivity contribution in [1.82, 2.24) is 4.90 Å². The number of carbonyl (C=O) groups excluding carboxylic acids is 1. The fourth-order valence-corrected chi connectivity index (χ4v) is 2.43. The largest absolute Gasteiger partial charge is 0.573 e. The molecule has 23 heavy (non-hydrogen) atoms. The van der Waals surface area contributed by atoms with E-state index in [2.05, 4.69) is 4.74 Å². The Morgan fingerprint density at radius 3 is 2.52 bits per heavy atom. The molecule has 0 radical (unpaired) electrons. The van der Waals surface area contributed by atoms with Gasteiger partial charge in [-0.2, -0.15) is 0 Å². The third-order valence-electron chi connectivity index (χ3n) is 3.94. The second-order valence-electron chi connectivity index (χ2n) is 5.50. The number of rotatable bonds is 5. The van der Waals surface area contributed by atoms with E-state index in [1.165, 1.54) is 32.2 Å². The summed E-state index contributed by atoms with van der Waals surface area (Å²) in [6, 6.07) is 4.68. The van der Waals surface area contributed by atoms with E-state index >= 15 is 0 Å². The Bertz CT molecular complexity index is 617. The highest BCUT2D eigenvalue weighted by atomic mass is 19.4. The van der Waals surface area contributed by atoms with E-state index in [0.717, 1.165) is 4.90 Å². The summed E-state index contributed by atoms with van der Waals surface area (Å²) in [5.41, 5.74) is 0.305. The molecule has 1 N–H and O–H groups in total. The number of alkyl halides is 3. The van der Waals surface area contributed by atoms with Crippen LogP contribution in [0, 0.1) is 5.92 Å². The number of carboxylic acids is 1. The number of aliphatic carboxylic acids is 1. The van der Waals surface area contributed by atoms with Crippen LogP contribution in [0.25, 0.3) is 0 Å². The number of carboxylic acid groups (broad SMARTS) is 1. The number of halogens is 3. The number of benzene rings is 1. The van der Waals surface area contributed by atoms with Crippen LogP contribution >= 0.6 is 0 Å². The van der Waals surface area contributed by atoms with Gasteiger partial charge < -0.3 is 14.7 Å². The van der Waals surface area contributed by atoms with Crippen molar-refractivity contribution < 1.29 is 32.6 Å². The molecule has 0 heterocycles. The molecule has 5 nitrogen and oxygen atoms in total. The van der Waals surface area contributed by atoms with E-state index in [1.54, 1.807) is 6.07 Å². The monoisotopic (exact) mass is 331 g/mol. The Labute approximate surface area is 130 Å². The average Bonchev–Trinajstić information content (AvgIpc) is 3.24. The number of nitrogens with zero attached hydrogens (tertiary/aromatic N) is 1. The summed E-state index contributed by atoms with van der Waals surface area (Å²) in [6.07, 6.45) is -4.44. The first-order valence-corrected chi connectivity index (χ1v) is 6.96. The fraction of sp³-hybridized carbons (Fsp3) is 0.467. The van der Waals surface area contributed by atoms with E-state index < -0.39 is 36.1 Å². The summed E-state index contributed by atoms with van der Waals surface area (Å²) in [6.45, 7) is 1.37. The topological polar surface area (TPSA) is 66.8 Å². The molecule has 1 aliphatic carbocycles. The Balaban J connectivity index is 2.12. The third kappa shape index (κ3) is 3.94. The normalized spacial score (nSPS) is 21.4. The van der Waals surface area contributed by atoms with Gasteiger partial charge in [0.1, 0.15) is 11.8 Å². The Kier molecular flexibility index (Phi) is 4.53. The molecule has 3 unspecified atom stereocenters.